The van der Waals surface area contributed by atoms with Gasteiger partial charge < -0.3 is 9.47 Å². The summed E-state index contributed by atoms with van der Waals surface area (Å²) < 4.78 is 9.84. The molecule has 4 heteroatoms. The van der Waals surface area contributed by atoms with E-state index in [9.17, 15) is 4.79 Å². The largest absolute Gasteiger partial charge is 0.468 e. The van der Waals surface area contributed by atoms with Crippen LogP contribution in [0.25, 0.3) is 0 Å². The number of hydrogen-bond donors (Lipinski definition) is 0. The van der Waals surface area contributed by atoms with Gasteiger partial charge >= 0.3 is 5.97 Å². The van der Waals surface area contributed by atoms with Gasteiger partial charge in [-0.1, -0.05) is 0 Å². The lowest BCUT2D eigenvalue weighted by molar-refractivity contribution is -0.142. The molecule has 0 spiro atoms. The fourth-order valence-electron chi connectivity index (χ4n) is 1.52. The summed E-state index contributed by atoms with van der Waals surface area (Å²) in [6, 6.07) is 0.466. The van der Waals surface area contributed by atoms with E-state index in [1.165, 1.54) is 7.11 Å². The number of esters is 1. The summed E-state index contributed by atoms with van der Waals surface area (Å²) in [5.41, 5.74) is 0. The van der Waals surface area contributed by atoms with Gasteiger partial charge in [-0.3, -0.25) is 9.69 Å². The zero-order chi connectivity index (χ0) is 9.68. The standard InChI is InChI=1S/C9H17NO3/c1-10(7-9(11)12-2)8-3-5-13-6-4-8/h8H,3-7H2,1-2H3. The number of ether oxygens (including phenoxy) is 2. The van der Waals surface area contributed by atoms with Gasteiger partial charge in [0.05, 0.1) is 13.7 Å². The quantitative estimate of drug-likeness (QED) is 0.594. The maximum Gasteiger partial charge on any atom is 0.319 e. The molecule has 1 fully saturated rings. The van der Waals surface area contributed by atoms with Gasteiger partial charge in [0.15, 0.2) is 0 Å². The summed E-state index contributed by atoms with van der Waals surface area (Å²) in [7, 11) is 3.37. The van der Waals surface area contributed by atoms with Crippen LogP contribution in [-0.4, -0.2) is 50.8 Å². The summed E-state index contributed by atoms with van der Waals surface area (Å²) in [5.74, 6) is -0.172. The number of likely N-dealkylation sites (N-methyl/N-ethyl adjacent to an activating group) is 1. The van der Waals surface area contributed by atoms with Crippen LogP contribution < -0.4 is 0 Å². The molecule has 4 nitrogen and oxygen atoms in total. The molecule has 0 aliphatic carbocycles. The SMILES string of the molecule is COC(=O)CN(C)C1CCOCC1. The first-order valence-corrected chi connectivity index (χ1v) is 4.59. The number of methoxy groups -OCH3 is 1. The fourth-order valence-corrected chi connectivity index (χ4v) is 1.52. The molecule has 0 atom stereocenters. The first-order valence-electron chi connectivity index (χ1n) is 4.59. The molecular weight excluding hydrogens is 170 g/mol. The third-order valence-corrected chi connectivity index (χ3v) is 2.42. The molecule has 13 heavy (non-hydrogen) atoms. The normalized spacial score (nSPS) is 19.0. The molecule has 1 heterocycles. The Morgan fingerprint density at radius 3 is 2.69 bits per heavy atom. The Labute approximate surface area is 78.8 Å². The molecular formula is C9H17NO3. The van der Waals surface area contributed by atoms with Crippen molar-refractivity contribution in [2.75, 3.05) is 33.9 Å². The summed E-state index contributed by atoms with van der Waals surface area (Å²) in [5, 5.41) is 0. The molecule has 0 aromatic heterocycles. The summed E-state index contributed by atoms with van der Waals surface area (Å²) in [4.78, 5) is 13.0. The first-order chi connectivity index (χ1) is 6.24. The molecule has 0 unspecified atom stereocenters. The van der Waals surface area contributed by atoms with Crippen LogP contribution in [0.5, 0.6) is 0 Å². The minimum atomic E-state index is -0.172. The second-order valence-electron chi connectivity index (χ2n) is 3.33. The molecule has 0 amide bonds. The van der Waals surface area contributed by atoms with Crippen LogP contribution in [0.15, 0.2) is 0 Å². The zero-order valence-corrected chi connectivity index (χ0v) is 8.28. The van der Waals surface area contributed by atoms with E-state index in [0.29, 0.717) is 12.6 Å². The summed E-state index contributed by atoms with van der Waals surface area (Å²) in [6.07, 6.45) is 2.01. The van der Waals surface area contributed by atoms with E-state index in [1.54, 1.807) is 0 Å². The van der Waals surface area contributed by atoms with Gasteiger partial charge in [-0.15, -0.1) is 0 Å². The maximum absolute atomic E-state index is 11.0. The van der Waals surface area contributed by atoms with E-state index in [2.05, 4.69) is 4.74 Å². The van der Waals surface area contributed by atoms with Crippen molar-refractivity contribution in [1.29, 1.82) is 0 Å². The molecule has 1 saturated heterocycles. The monoisotopic (exact) mass is 187 g/mol. The number of rotatable bonds is 3. The Morgan fingerprint density at radius 2 is 2.15 bits per heavy atom. The molecule has 76 valence electrons. The smallest absolute Gasteiger partial charge is 0.319 e. The van der Waals surface area contributed by atoms with E-state index in [1.807, 2.05) is 11.9 Å². The Bertz CT molecular complexity index is 166. The predicted molar refractivity (Wildman–Crippen MR) is 48.5 cm³/mol. The van der Waals surface area contributed by atoms with E-state index in [-0.39, 0.29) is 5.97 Å². The highest BCUT2D eigenvalue weighted by atomic mass is 16.5. The van der Waals surface area contributed by atoms with Crippen molar-refractivity contribution in [2.45, 2.75) is 18.9 Å². The van der Waals surface area contributed by atoms with Gasteiger partial charge in [-0.05, 0) is 19.9 Å². The molecule has 0 aromatic carbocycles. The van der Waals surface area contributed by atoms with Crippen LogP contribution >= 0.6 is 0 Å². The highest BCUT2D eigenvalue weighted by molar-refractivity contribution is 5.71. The van der Waals surface area contributed by atoms with Crippen LogP contribution in [0.1, 0.15) is 12.8 Å². The minimum Gasteiger partial charge on any atom is -0.468 e. The van der Waals surface area contributed by atoms with Crippen LogP contribution in [0, 0.1) is 0 Å². The molecule has 1 aliphatic rings. The highest BCUT2D eigenvalue weighted by Gasteiger charge is 2.20. The highest BCUT2D eigenvalue weighted by Crippen LogP contribution is 2.12. The van der Waals surface area contributed by atoms with Crippen molar-refractivity contribution >= 4 is 5.97 Å². The summed E-state index contributed by atoms with van der Waals surface area (Å²) in [6.45, 7) is 1.98. The summed E-state index contributed by atoms with van der Waals surface area (Å²) >= 11 is 0. The molecule has 0 radical (unpaired) electrons. The van der Waals surface area contributed by atoms with Crippen LogP contribution in [0.4, 0.5) is 0 Å². The lowest BCUT2D eigenvalue weighted by Gasteiger charge is -2.30. The van der Waals surface area contributed by atoms with Gasteiger partial charge in [0, 0.05) is 19.3 Å². The van der Waals surface area contributed by atoms with Crippen LogP contribution in [0.3, 0.4) is 0 Å². The molecule has 0 saturated carbocycles. The lowest BCUT2D eigenvalue weighted by Crippen LogP contribution is -2.39. The van der Waals surface area contributed by atoms with E-state index < -0.39 is 0 Å². The van der Waals surface area contributed by atoms with Gasteiger partial charge in [-0.25, -0.2) is 0 Å². The van der Waals surface area contributed by atoms with Crippen molar-refractivity contribution in [2.24, 2.45) is 0 Å². The maximum atomic E-state index is 11.0. The average Bonchev–Trinajstić information content (AvgIpc) is 2.19. The third-order valence-electron chi connectivity index (χ3n) is 2.42. The molecule has 0 aromatic rings. The van der Waals surface area contributed by atoms with Gasteiger partial charge in [-0.2, -0.15) is 0 Å². The number of nitrogens with zero attached hydrogens (tertiary/aromatic N) is 1. The topological polar surface area (TPSA) is 38.8 Å². The van der Waals surface area contributed by atoms with Gasteiger partial charge in [0.2, 0.25) is 0 Å². The van der Waals surface area contributed by atoms with Crippen molar-refractivity contribution in [3.05, 3.63) is 0 Å². The zero-order valence-electron chi connectivity index (χ0n) is 8.28. The van der Waals surface area contributed by atoms with Crippen LogP contribution in [-0.2, 0) is 14.3 Å². The van der Waals surface area contributed by atoms with E-state index in [0.717, 1.165) is 26.1 Å². The molecule has 0 bridgehead atoms. The van der Waals surface area contributed by atoms with Gasteiger partial charge in [0.25, 0.3) is 0 Å². The second-order valence-corrected chi connectivity index (χ2v) is 3.33. The number of carbonyl (C=O) groups is 1. The Balaban J connectivity index is 2.28. The third kappa shape index (κ3) is 3.32. The molecule has 1 aliphatic heterocycles. The van der Waals surface area contributed by atoms with Crippen molar-refractivity contribution < 1.29 is 14.3 Å². The fraction of sp³-hybridized carbons (Fsp3) is 0.889. The van der Waals surface area contributed by atoms with E-state index in [4.69, 9.17) is 4.74 Å². The van der Waals surface area contributed by atoms with E-state index >= 15 is 0 Å². The molecule has 0 N–H and O–H groups in total. The second kappa shape index (κ2) is 5.19. The van der Waals surface area contributed by atoms with Gasteiger partial charge in [0.1, 0.15) is 0 Å². The number of carbonyl (C=O) groups excluding carboxylic acids is 1. The minimum absolute atomic E-state index is 0.172. The number of hydrogen-bond acceptors (Lipinski definition) is 4. The van der Waals surface area contributed by atoms with Crippen molar-refractivity contribution in [3.8, 4) is 0 Å². The lowest BCUT2D eigenvalue weighted by atomic mass is 10.1. The predicted octanol–water partition coefficient (Wildman–Crippen LogP) is 0.270. The average molecular weight is 187 g/mol. The Hall–Kier alpha value is -0.610. The Morgan fingerprint density at radius 1 is 1.54 bits per heavy atom. The molecule has 1 rings (SSSR count). The first kappa shape index (κ1) is 10.5. The Kier molecular flexibility index (Phi) is 4.18. The van der Waals surface area contributed by atoms with Crippen molar-refractivity contribution in [3.63, 3.8) is 0 Å². The van der Waals surface area contributed by atoms with Crippen molar-refractivity contribution in [1.82, 2.24) is 4.90 Å². The van der Waals surface area contributed by atoms with Crippen LogP contribution in [0.2, 0.25) is 0 Å².